The van der Waals surface area contributed by atoms with Gasteiger partial charge in [0.2, 0.25) is 0 Å². The van der Waals surface area contributed by atoms with Crippen LogP contribution in [0.1, 0.15) is 12.0 Å². The number of aromatic nitrogens is 1. The van der Waals surface area contributed by atoms with Crippen LogP contribution < -0.4 is 5.32 Å². The Balaban J connectivity index is 2.14. The van der Waals surface area contributed by atoms with Crippen molar-refractivity contribution in [3.05, 3.63) is 35.9 Å². The lowest BCUT2D eigenvalue weighted by atomic mass is 10.1. The monoisotopic (exact) mass is 254 g/mol. The van der Waals surface area contributed by atoms with Crippen LogP contribution >= 0.6 is 0 Å². The van der Waals surface area contributed by atoms with Gasteiger partial charge < -0.3 is 10.2 Å². The van der Waals surface area contributed by atoms with Crippen molar-refractivity contribution in [1.82, 2.24) is 9.88 Å². The van der Waals surface area contributed by atoms with E-state index < -0.39 is 0 Å². The first-order valence-corrected chi connectivity index (χ1v) is 6.39. The molecule has 0 atom stereocenters. The maximum atomic E-state index is 9.19. The molecule has 19 heavy (non-hydrogen) atoms. The van der Waals surface area contributed by atoms with Crippen LogP contribution in [0, 0.1) is 11.3 Å². The van der Waals surface area contributed by atoms with Crippen LogP contribution in [0.3, 0.4) is 0 Å². The smallest absolute Gasteiger partial charge is 0.127 e. The molecule has 2 rings (SSSR count). The maximum absolute atomic E-state index is 9.19. The lowest BCUT2D eigenvalue weighted by Gasteiger charge is -2.11. The van der Waals surface area contributed by atoms with Gasteiger partial charge in [-0.25, -0.2) is 4.98 Å². The zero-order chi connectivity index (χ0) is 13.7. The summed E-state index contributed by atoms with van der Waals surface area (Å²) in [5, 5.41) is 13.4. The summed E-state index contributed by atoms with van der Waals surface area (Å²) in [6, 6.07) is 11.8. The van der Waals surface area contributed by atoms with Crippen LogP contribution in [0.5, 0.6) is 0 Å². The molecule has 1 N–H and O–H groups in total. The Morgan fingerprint density at radius 3 is 2.84 bits per heavy atom. The molecule has 0 amide bonds. The molecular weight excluding hydrogens is 236 g/mol. The van der Waals surface area contributed by atoms with Gasteiger partial charge in [-0.15, -0.1) is 0 Å². The number of nitrogens with zero attached hydrogens (tertiary/aromatic N) is 3. The van der Waals surface area contributed by atoms with E-state index in [1.165, 1.54) is 0 Å². The molecule has 0 saturated heterocycles. The second-order valence-corrected chi connectivity index (χ2v) is 4.77. The van der Waals surface area contributed by atoms with Gasteiger partial charge in [0.25, 0.3) is 0 Å². The fourth-order valence-corrected chi connectivity index (χ4v) is 1.97. The number of benzene rings is 1. The van der Waals surface area contributed by atoms with Crippen LogP contribution in [0.4, 0.5) is 5.82 Å². The number of rotatable bonds is 5. The van der Waals surface area contributed by atoms with E-state index in [-0.39, 0.29) is 0 Å². The van der Waals surface area contributed by atoms with Gasteiger partial charge in [-0.05, 0) is 39.2 Å². The van der Waals surface area contributed by atoms with E-state index in [2.05, 4.69) is 35.4 Å². The first-order valence-electron chi connectivity index (χ1n) is 6.39. The summed E-state index contributed by atoms with van der Waals surface area (Å²) in [4.78, 5) is 6.67. The number of para-hydroxylation sites is 1. The molecular formula is C15H18N4. The van der Waals surface area contributed by atoms with E-state index in [1.54, 1.807) is 0 Å². The van der Waals surface area contributed by atoms with Crippen molar-refractivity contribution in [2.45, 2.75) is 6.42 Å². The van der Waals surface area contributed by atoms with Crippen molar-refractivity contribution in [1.29, 1.82) is 5.26 Å². The summed E-state index contributed by atoms with van der Waals surface area (Å²) < 4.78 is 0. The van der Waals surface area contributed by atoms with Gasteiger partial charge in [0.15, 0.2) is 0 Å². The molecule has 0 spiro atoms. The Bertz CT molecular complexity index is 599. The number of nitrogens with one attached hydrogen (secondary N) is 1. The SMILES string of the molecule is CN(C)CCCNc1cc(C#N)c2ccccc2n1. The van der Waals surface area contributed by atoms with Crippen molar-refractivity contribution in [2.24, 2.45) is 0 Å². The summed E-state index contributed by atoms with van der Waals surface area (Å²) >= 11 is 0. The van der Waals surface area contributed by atoms with Crippen molar-refractivity contribution in [2.75, 3.05) is 32.5 Å². The maximum Gasteiger partial charge on any atom is 0.127 e. The van der Waals surface area contributed by atoms with E-state index in [4.69, 9.17) is 0 Å². The van der Waals surface area contributed by atoms with Crippen LogP contribution in [0.2, 0.25) is 0 Å². The van der Waals surface area contributed by atoms with Crippen LogP contribution in [0.15, 0.2) is 30.3 Å². The van der Waals surface area contributed by atoms with Crippen LogP contribution in [-0.4, -0.2) is 37.1 Å². The number of fused-ring (bicyclic) bond motifs is 1. The molecule has 0 aliphatic heterocycles. The summed E-state index contributed by atoms with van der Waals surface area (Å²) in [5.74, 6) is 0.772. The van der Waals surface area contributed by atoms with Gasteiger partial charge in [-0.2, -0.15) is 5.26 Å². The summed E-state index contributed by atoms with van der Waals surface area (Å²) in [5.41, 5.74) is 1.53. The van der Waals surface area contributed by atoms with Gasteiger partial charge in [-0.3, -0.25) is 0 Å². The molecule has 0 unspecified atom stereocenters. The number of hydrogen-bond donors (Lipinski definition) is 1. The van der Waals surface area contributed by atoms with E-state index in [0.717, 1.165) is 36.2 Å². The highest BCUT2D eigenvalue weighted by Gasteiger charge is 2.04. The van der Waals surface area contributed by atoms with Crippen molar-refractivity contribution < 1.29 is 0 Å². The second-order valence-electron chi connectivity index (χ2n) is 4.77. The summed E-state index contributed by atoms with van der Waals surface area (Å²) in [6.45, 7) is 1.89. The Morgan fingerprint density at radius 2 is 2.11 bits per heavy atom. The zero-order valence-electron chi connectivity index (χ0n) is 11.3. The lowest BCUT2D eigenvalue weighted by molar-refractivity contribution is 0.405. The summed E-state index contributed by atoms with van der Waals surface area (Å²) in [7, 11) is 4.12. The molecule has 0 bridgehead atoms. The second kappa shape index (κ2) is 6.17. The molecule has 1 heterocycles. The average Bonchev–Trinajstić information content (AvgIpc) is 2.42. The van der Waals surface area contributed by atoms with Gasteiger partial charge >= 0.3 is 0 Å². The molecule has 1 aromatic carbocycles. The standard InChI is InChI=1S/C15H18N4/c1-19(2)9-5-8-17-15-10-12(11-16)13-6-3-4-7-14(13)18-15/h3-4,6-7,10H,5,8-9H2,1-2H3,(H,17,18). The van der Waals surface area contributed by atoms with Gasteiger partial charge in [0.1, 0.15) is 5.82 Å². The minimum absolute atomic E-state index is 0.667. The largest absolute Gasteiger partial charge is 0.370 e. The quantitative estimate of drug-likeness (QED) is 0.833. The molecule has 1 aromatic heterocycles. The van der Waals surface area contributed by atoms with Crippen LogP contribution in [-0.2, 0) is 0 Å². The molecule has 0 aliphatic rings. The predicted molar refractivity (Wildman–Crippen MR) is 78.1 cm³/mol. The third-order valence-corrected chi connectivity index (χ3v) is 2.92. The first kappa shape index (κ1) is 13.3. The minimum Gasteiger partial charge on any atom is -0.370 e. The molecule has 4 nitrogen and oxygen atoms in total. The highest BCUT2D eigenvalue weighted by Crippen LogP contribution is 2.19. The van der Waals surface area contributed by atoms with Crippen molar-refractivity contribution >= 4 is 16.7 Å². The Labute approximate surface area is 113 Å². The lowest BCUT2D eigenvalue weighted by Crippen LogP contribution is -2.16. The molecule has 2 aromatic rings. The molecule has 98 valence electrons. The first-order chi connectivity index (χ1) is 9.20. The molecule has 0 fully saturated rings. The molecule has 4 heteroatoms. The highest BCUT2D eigenvalue weighted by molar-refractivity contribution is 5.86. The van der Waals surface area contributed by atoms with E-state index in [0.29, 0.717) is 5.56 Å². The number of pyridine rings is 1. The fraction of sp³-hybridized carbons (Fsp3) is 0.333. The minimum atomic E-state index is 0.667. The average molecular weight is 254 g/mol. The Hall–Kier alpha value is -2.12. The van der Waals surface area contributed by atoms with E-state index in [1.807, 2.05) is 30.3 Å². The van der Waals surface area contributed by atoms with Gasteiger partial charge in [-0.1, -0.05) is 18.2 Å². The molecule has 0 radical (unpaired) electrons. The highest BCUT2D eigenvalue weighted by atomic mass is 15.1. The number of nitriles is 1. The normalized spacial score (nSPS) is 10.6. The molecule has 0 saturated carbocycles. The number of anilines is 1. The summed E-state index contributed by atoms with van der Waals surface area (Å²) in [6.07, 6.45) is 1.05. The Kier molecular flexibility index (Phi) is 4.32. The zero-order valence-corrected chi connectivity index (χ0v) is 11.3. The topological polar surface area (TPSA) is 52.0 Å². The van der Waals surface area contributed by atoms with Crippen LogP contribution in [0.25, 0.3) is 10.9 Å². The number of hydrogen-bond acceptors (Lipinski definition) is 4. The van der Waals surface area contributed by atoms with E-state index >= 15 is 0 Å². The fourth-order valence-electron chi connectivity index (χ4n) is 1.97. The van der Waals surface area contributed by atoms with E-state index in [9.17, 15) is 5.26 Å². The molecule has 0 aliphatic carbocycles. The third kappa shape index (κ3) is 3.43. The Morgan fingerprint density at radius 1 is 1.32 bits per heavy atom. The van der Waals surface area contributed by atoms with Gasteiger partial charge in [0.05, 0.1) is 17.1 Å². The van der Waals surface area contributed by atoms with Crippen molar-refractivity contribution in [3.63, 3.8) is 0 Å². The predicted octanol–water partition coefficient (Wildman–Crippen LogP) is 2.47. The third-order valence-electron chi connectivity index (χ3n) is 2.92. The van der Waals surface area contributed by atoms with Gasteiger partial charge in [0, 0.05) is 11.9 Å². The van der Waals surface area contributed by atoms with Crippen molar-refractivity contribution in [3.8, 4) is 6.07 Å².